The molecule has 14 atom stereocenters. The number of halogens is 8. The fourth-order valence-corrected chi connectivity index (χ4v) is 18.5. The average Bonchev–Trinajstić information content (AvgIpc) is 1.55. The molecule has 4 saturated heterocycles. The molecule has 111 heavy (non-hydrogen) atoms. The van der Waals surface area contributed by atoms with Crippen molar-refractivity contribution in [3.63, 3.8) is 0 Å². The maximum Gasteiger partial charge on any atom is 0.397 e. The molecule has 26 nitrogen and oxygen atoms in total. The van der Waals surface area contributed by atoms with Crippen molar-refractivity contribution in [2.24, 2.45) is 53.3 Å². The molecule has 2 unspecified atom stereocenters. The summed E-state index contributed by atoms with van der Waals surface area (Å²) in [6.45, 7) is 7.63. The molecule has 12 amide bonds. The first kappa shape index (κ1) is 88.0. The third kappa shape index (κ3) is 20.8. The van der Waals surface area contributed by atoms with Gasteiger partial charge in [-0.1, -0.05) is 47.0 Å². The van der Waals surface area contributed by atoms with Gasteiger partial charge in [0, 0.05) is 81.5 Å². The molecule has 2 bridgehead atoms. The largest absolute Gasteiger partial charge is 0.397 e. The number of fused-ring (bicyclic) bond motifs is 4. The Kier molecular flexibility index (Phi) is 29.4. The van der Waals surface area contributed by atoms with E-state index in [1.165, 1.54) is 71.7 Å². The van der Waals surface area contributed by atoms with E-state index < -0.39 is 230 Å². The number of nitrogens with one attached hydrogen (secondary N) is 3. The molecule has 0 aromatic rings. The van der Waals surface area contributed by atoms with E-state index in [-0.39, 0.29) is 134 Å². The second-order valence-corrected chi connectivity index (χ2v) is 33.8. The van der Waals surface area contributed by atoms with Gasteiger partial charge in [0.25, 0.3) is 0 Å². The molecular weight excluding hydrogens is 1470 g/mol. The van der Waals surface area contributed by atoms with Gasteiger partial charge in [-0.25, -0.2) is 8.78 Å². The molecule has 34 heteroatoms. The summed E-state index contributed by atoms with van der Waals surface area (Å²) in [6.07, 6.45) is -15.8. The zero-order valence-corrected chi connectivity index (χ0v) is 66.2. The number of hydrogen-bond acceptors (Lipinski definition) is 14. The van der Waals surface area contributed by atoms with E-state index in [1.54, 1.807) is 20.8 Å². The molecular formula is C77H118F8N12O14. The van der Waals surface area contributed by atoms with Gasteiger partial charge in [-0.05, 0) is 158 Å². The molecule has 9 rings (SSSR count). The van der Waals surface area contributed by atoms with Crippen LogP contribution in [-0.2, 0) is 67.0 Å². The zero-order valence-electron chi connectivity index (χ0n) is 66.2. The lowest BCUT2D eigenvalue weighted by molar-refractivity contribution is -0.219. The first-order valence-electron chi connectivity index (χ1n) is 40.2. The van der Waals surface area contributed by atoms with Crippen molar-refractivity contribution < 1.29 is 102 Å². The van der Waals surface area contributed by atoms with E-state index in [9.17, 15) is 40.7 Å². The van der Waals surface area contributed by atoms with Gasteiger partial charge in [0.1, 0.15) is 72.1 Å². The van der Waals surface area contributed by atoms with Crippen molar-refractivity contribution in [3.05, 3.63) is 0 Å². The summed E-state index contributed by atoms with van der Waals surface area (Å²) >= 11 is 0. The second kappa shape index (κ2) is 37.1. The summed E-state index contributed by atoms with van der Waals surface area (Å²) in [5.74, 6) is -17.0. The lowest BCUT2D eigenvalue weighted by Crippen LogP contribution is -2.68. The molecule has 5 aliphatic carbocycles. The standard InChI is InChI=1S/C77H118F8N12O14/c1-12-44(5)64-72(107)90(7)42-62(100)92(9)57-36-48-35-49(48)39-96(71(57)106)59(34-45-19-22-50(23-20-45)76(80,81)82)69(104)89(6)41-60(98)86-54(24-21-46-32-52(78)63(53(79)33-46)77(83,84)85)68(103)97-40-51(111-13-2)37-56(97)67(102)88-75(25-16-26-75)74(109)94(11)65(47-17-14-15-18-47)73(108)93(10)58(70(105)95-27-29-110-30-28-95)38-61(99)91(8)55(31-43(3)4)66(101)87-64/h43-59,63-65H,12-42H2,1-11H3,(H,86,98)(H,87,101)(H,88,102)/t44-,45?,46?,48+,49-,50?,51+,52?,53?,54-,55-,56-,57-,58-,59-,63?,64-,65-/m0/s1. The molecule has 3 N–H and O–H groups in total. The Morgan fingerprint density at radius 1 is 0.595 bits per heavy atom. The van der Waals surface area contributed by atoms with Gasteiger partial charge < -0.3 is 69.5 Å². The van der Waals surface area contributed by atoms with Crippen molar-refractivity contribution >= 4 is 70.9 Å². The third-order valence-electron chi connectivity index (χ3n) is 25.8. The van der Waals surface area contributed by atoms with Crippen molar-refractivity contribution in [2.75, 3.05) is 101 Å². The third-order valence-corrected chi connectivity index (χ3v) is 25.8. The lowest BCUT2D eigenvalue weighted by Gasteiger charge is -2.47. The molecule has 5 saturated carbocycles. The molecule has 0 aromatic carbocycles. The highest BCUT2D eigenvalue weighted by molar-refractivity contribution is 6.01. The number of alkyl halides is 8. The van der Waals surface area contributed by atoms with Gasteiger partial charge in [-0.3, -0.25) is 57.5 Å². The smallest absolute Gasteiger partial charge is 0.378 e. The van der Waals surface area contributed by atoms with Crippen LogP contribution in [0.1, 0.15) is 176 Å². The number of ether oxygens (including phenoxy) is 2. The highest BCUT2D eigenvalue weighted by Crippen LogP contribution is 2.49. The van der Waals surface area contributed by atoms with Gasteiger partial charge in [-0.2, -0.15) is 26.3 Å². The second-order valence-electron chi connectivity index (χ2n) is 33.8. The molecule has 4 heterocycles. The number of rotatable bonds is 13. The van der Waals surface area contributed by atoms with Gasteiger partial charge in [0.2, 0.25) is 70.9 Å². The molecule has 0 aromatic heterocycles. The molecule has 0 radical (unpaired) electrons. The van der Waals surface area contributed by atoms with Crippen LogP contribution in [0.2, 0.25) is 0 Å². The van der Waals surface area contributed by atoms with E-state index in [0.717, 1.165) is 14.7 Å². The van der Waals surface area contributed by atoms with E-state index in [4.69, 9.17) is 9.47 Å². The van der Waals surface area contributed by atoms with Crippen LogP contribution in [0.25, 0.3) is 0 Å². The van der Waals surface area contributed by atoms with Crippen LogP contribution in [-0.4, -0.2) is 301 Å². The summed E-state index contributed by atoms with van der Waals surface area (Å²) < 4.78 is 127. The van der Waals surface area contributed by atoms with Gasteiger partial charge in [0.15, 0.2) is 0 Å². The summed E-state index contributed by atoms with van der Waals surface area (Å²) in [6, 6.07) is -11.2. The summed E-state index contributed by atoms with van der Waals surface area (Å²) in [4.78, 5) is 194. The van der Waals surface area contributed by atoms with Crippen LogP contribution >= 0.6 is 0 Å². The Morgan fingerprint density at radius 3 is 1.80 bits per heavy atom. The van der Waals surface area contributed by atoms with Gasteiger partial charge in [0.05, 0.1) is 44.7 Å². The van der Waals surface area contributed by atoms with E-state index in [1.807, 2.05) is 13.8 Å². The van der Waals surface area contributed by atoms with E-state index >= 15 is 51.9 Å². The summed E-state index contributed by atoms with van der Waals surface area (Å²) in [5, 5.41) is 8.48. The van der Waals surface area contributed by atoms with Gasteiger partial charge in [-0.15, -0.1) is 0 Å². The van der Waals surface area contributed by atoms with E-state index in [0.29, 0.717) is 44.9 Å². The van der Waals surface area contributed by atoms with Crippen LogP contribution in [0.4, 0.5) is 35.1 Å². The maximum absolute atomic E-state index is 15.7. The predicted octanol–water partition coefficient (Wildman–Crippen LogP) is 5.81. The fourth-order valence-electron chi connectivity index (χ4n) is 18.5. The first-order chi connectivity index (χ1) is 52.2. The molecule has 9 aliphatic rings. The number of hydrogen-bond donors (Lipinski definition) is 3. The number of amides is 12. The van der Waals surface area contributed by atoms with Crippen molar-refractivity contribution in [3.8, 4) is 0 Å². The van der Waals surface area contributed by atoms with Crippen LogP contribution in [0.5, 0.6) is 0 Å². The maximum atomic E-state index is 15.7. The van der Waals surface area contributed by atoms with Crippen LogP contribution in [0, 0.1) is 53.3 Å². The highest BCUT2D eigenvalue weighted by atomic mass is 19.4. The number of morpholine rings is 1. The molecule has 4 aliphatic heterocycles. The fraction of sp³-hybridized carbons (Fsp3) is 0.844. The minimum atomic E-state index is -5.22. The predicted molar refractivity (Wildman–Crippen MR) is 388 cm³/mol. The van der Waals surface area contributed by atoms with E-state index in [2.05, 4.69) is 16.0 Å². The first-order valence-corrected chi connectivity index (χ1v) is 40.2. The molecule has 626 valence electrons. The number of likely N-dealkylation sites (N-methyl/N-ethyl adjacent to an activating group) is 6. The van der Waals surface area contributed by atoms with Crippen LogP contribution in [0.3, 0.4) is 0 Å². The Morgan fingerprint density at radius 2 is 1.23 bits per heavy atom. The summed E-state index contributed by atoms with van der Waals surface area (Å²) in [5.41, 5.74) is -1.70. The highest BCUT2D eigenvalue weighted by Gasteiger charge is 2.57. The molecule has 9 fully saturated rings. The topological polar surface area (TPSA) is 289 Å². The van der Waals surface area contributed by atoms with Crippen molar-refractivity contribution in [1.29, 1.82) is 0 Å². The lowest BCUT2D eigenvalue weighted by atomic mass is 9.74. The minimum absolute atomic E-state index is 0.0136. The Balaban J connectivity index is 1.11. The minimum Gasteiger partial charge on any atom is -0.378 e. The average molecular weight is 1590 g/mol. The normalized spacial score (nSPS) is 33.7. The Hall–Kier alpha value is -7.00. The SMILES string of the molecule is CCO[C@@H]1C[C@H]2C(=O)NC3(CCC3)C(=O)N(C)[C@@H](C3CCCC3)C(=O)N(C)[C@H](C(=O)N3CCOCC3)CC(=O)N(C)[C@@H](CC(C)C)C(=O)N[C@@H]([C@@H](C)CC)C(=O)N(C)CC(=O)N(C)[C@H]3C[C@H]4C[C@H]4CN(C3=O)[C@@H](CC3CCC(C(F)(F)F)CC3)C(=O)N(C)CC(=O)N[C@@H](CCC3CC(F)C(C(F)(F)F)C(F)C3)C(=O)N2C1. The quantitative estimate of drug-likeness (QED) is 0.184. The van der Waals surface area contributed by atoms with Gasteiger partial charge >= 0.3 is 12.4 Å². The van der Waals surface area contributed by atoms with Crippen LogP contribution < -0.4 is 16.0 Å². The monoisotopic (exact) mass is 1590 g/mol. The summed E-state index contributed by atoms with van der Waals surface area (Å²) in [7, 11) is 8.15. The molecule has 1 spiro atoms. The van der Waals surface area contributed by atoms with Crippen LogP contribution in [0.15, 0.2) is 0 Å². The number of carbonyl (C=O) groups is 12. The Labute approximate surface area is 645 Å². The van der Waals surface area contributed by atoms with Crippen molar-refractivity contribution in [2.45, 2.75) is 261 Å². The number of nitrogens with zero attached hydrogens (tertiary/aromatic N) is 9. The number of carbonyl (C=O) groups excluding carboxylic acids is 12. The van der Waals surface area contributed by atoms with Crippen molar-refractivity contribution in [1.82, 2.24) is 60.0 Å². The Bertz CT molecular complexity index is 3340. The zero-order chi connectivity index (χ0) is 81.6.